The summed E-state index contributed by atoms with van der Waals surface area (Å²) in [6.45, 7) is 5.76. The predicted octanol–water partition coefficient (Wildman–Crippen LogP) is 2.60. The van der Waals surface area contributed by atoms with Gasteiger partial charge in [0.05, 0.1) is 0 Å². The molecule has 0 amide bonds. The Morgan fingerprint density at radius 1 is 0.677 bits per heavy atom. The molecular formula is C20H19ClN2O8. The summed E-state index contributed by atoms with van der Waals surface area (Å²) in [4.78, 5) is 48.0. The standard InChI is InChI=1S/C20H19ClN2O8/c1-19(2)28-15(24)13(16(25)29-19)8-22-11-5-10(21)6-12(7-11)23-9-14-17(26)30-20(3,4)31-18(14)27/h5-9,22-23H,1-4H3. The third-order valence-electron chi connectivity index (χ3n) is 3.90. The molecule has 0 spiro atoms. The lowest BCUT2D eigenvalue weighted by Gasteiger charge is -2.29. The summed E-state index contributed by atoms with van der Waals surface area (Å²) >= 11 is 6.09. The van der Waals surface area contributed by atoms with E-state index >= 15 is 0 Å². The molecule has 1 aromatic carbocycles. The van der Waals surface area contributed by atoms with Crippen LogP contribution in [0.4, 0.5) is 11.4 Å². The molecule has 31 heavy (non-hydrogen) atoms. The van der Waals surface area contributed by atoms with E-state index in [1.165, 1.54) is 39.8 Å². The zero-order valence-electron chi connectivity index (χ0n) is 17.0. The molecule has 0 aromatic heterocycles. The number of benzene rings is 1. The highest BCUT2D eigenvalue weighted by molar-refractivity contribution is 6.31. The van der Waals surface area contributed by atoms with E-state index in [1.54, 1.807) is 6.07 Å². The van der Waals surface area contributed by atoms with E-state index in [4.69, 9.17) is 30.5 Å². The number of halogens is 1. The molecule has 0 saturated carbocycles. The quantitative estimate of drug-likeness (QED) is 0.401. The van der Waals surface area contributed by atoms with Gasteiger partial charge in [0.1, 0.15) is 0 Å². The molecule has 0 aliphatic carbocycles. The van der Waals surface area contributed by atoms with Crippen molar-refractivity contribution in [2.45, 2.75) is 39.3 Å². The van der Waals surface area contributed by atoms with E-state index in [0.717, 1.165) is 12.4 Å². The minimum absolute atomic E-state index is 0.286. The topological polar surface area (TPSA) is 129 Å². The van der Waals surface area contributed by atoms with E-state index in [-0.39, 0.29) is 16.2 Å². The van der Waals surface area contributed by atoms with Gasteiger partial charge in [0, 0.05) is 56.5 Å². The van der Waals surface area contributed by atoms with Gasteiger partial charge in [0.25, 0.3) is 11.6 Å². The van der Waals surface area contributed by atoms with Gasteiger partial charge in [-0.2, -0.15) is 0 Å². The van der Waals surface area contributed by atoms with Gasteiger partial charge in [-0.1, -0.05) is 11.6 Å². The number of nitrogens with one attached hydrogen (secondary N) is 2. The number of carbonyl (C=O) groups is 4. The van der Waals surface area contributed by atoms with Gasteiger partial charge in [-0.25, -0.2) is 19.2 Å². The second-order valence-electron chi connectivity index (χ2n) is 7.49. The molecule has 2 fully saturated rings. The summed E-state index contributed by atoms with van der Waals surface area (Å²) in [5.74, 6) is -6.04. The van der Waals surface area contributed by atoms with Crippen molar-refractivity contribution in [3.05, 3.63) is 46.8 Å². The number of rotatable bonds is 4. The van der Waals surface area contributed by atoms with Crippen LogP contribution in [0, 0.1) is 0 Å². The fourth-order valence-corrected chi connectivity index (χ4v) is 2.86. The zero-order valence-corrected chi connectivity index (χ0v) is 17.8. The molecule has 10 nitrogen and oxygen atoms in total. The van der Waals surface area contributed by atoms with Gasteiger partial charge in [-0.15, -0.1) is 0 Å². The maximum atomic E-state index is 12.0. The average Bonchev–Trinajstić information content (AvgIpc) is 2.57. The molecule has 164 valence electrons. The fraction of sp³-hybridized carbons (Fsp3) is 0.300. The molecule has 0 bridgehead atoms. The Morgan fingerprint density at radius 2 is 1.00 bits per heavy atom. The van der Waals surface area contributed by atoms with Crippen molar-refractivity contribution >= 4 is 46.9 Å². The third kappa shape index (κ3) is 5.34. The van der Waals surface area contributed by atoms with Crippen LogP contribution >= 0.6 is 11.6 Å². The smallest absolute Gasteiger partial charge is 0.350 e. The van der Waals surface area contributed by atoms with Gasteiger partial charge in [0.2, 0.25) is 0 Å². The average molecular weight is 451 g/mol. The molecule has 0 unspecified atom stereocenters. The van der Waals surface area contributed by atoms with Crippen LogP contribution < -0.4 is 10.6 Å². The predicted molar refractivity (Wildman–Crippen MR) is 107 cm³/mol. The van der Waals surface area contributed by atoms with Crippen molar-refractivity contribution in [1.29, 1.82) is 0 Å². The first-order valence-electron chi connectivity index (χ1n) is 9.03. The molecule has 2 aliphatic heterocycles. The number of ether oxygens (including phenoxy) is 4. The van der Waals surface area contributed by atoms with Crippen molar-refractivity contribution in [3.8, 4) is 0 Å². The maximum absolute atomic E-state index is 12.0. The van der Waals surface area contributed by atoms with Crippen molar-refractivity contribution in [2.75, 3.05) is 10.6 Å². The molecule has 2 heterocycles. The van der Waals surface area contributed by atoms with Crippen molar-refractivity contribution in [2.24, 2.45) is 0 Å². The highest BCUT2D eigenvalue weighted by Gasteiger charge is 2.40. The van der Waals surface area contributed by atoms with Crippen molar-refractivity contribution in [1.82, 2.24) is 0 Å². The zero-order chi connectivity index (χ0) is 23.0. The Balaban J connectivity index is 1.75. The number of hydrogen-bond acceptors (Lipinski definition) is 10. The fourth-order valence-electron chi connectivity index (χ4n) is 2.62. The Kier molecular flexibility index (Phi) is 5.68. The van der Waals surface area contributed by atoms with Gasteiger partial charge in [-0.3, -0.25) is 0 Å². The van der Waals surface area contributed by atoms with Crippen LogP contribution in [0.15, 0.2) is 41.7 Å². The molecule has 1 aromatic rings. The van der Waals surface area contributed by atoms with Gasteiger partial charge < -0.3 is 29.6 Å². The second kappa shape index (κ2) is 7.95. The number of hydrogen-bond donors (Lipinski definition) is 2. The number of cyclic esters (lactones) is 4. The van der Waals surface area contributed by atoms with Crippen LogP contribution in [0.5, 0.6) is 0 Å². The second-order valence-corrected chi connectivity index (χ2v) is 7.93. The Bertz CT molecular complexity index is 919. The number of anilines is 2. The highest BCUT2D eigenvalue weighted by atomic mass is 35.5. The van der Waals surface area contributed by atoms with Gasteiger partial charge in [0.15, 0.2) is 11.1 Å². The molecule has 2 saturated heterocycles. The lowest BCUT2D eigenvalue weighted by Crippen LogP contribution is -2.42. The normalized spacial score (nSPS) is 19.5. The Labute approximate surface area is 182 Å². The van der Waals surface area contributed by atoms with Crippen LogP contribution in [-0.2, 0) is 38.1 Å². The summed E-state index contributed by atoms with van der Waals surface area (Å²) in [6, 6.07) is 4.59. The first kappa shape index (κ1) is 22.2. The first-order chi connectivity index (χ1) is 14.3. The number of carbonyl (C=O) groups excluding carboxylic acids is 4. The van der Waals surface area contributed by atoms with Crippen LogP contribution in [0.25, 0.3) is 0 Å². The van der Waals surface area contributed by atoms with Gasteiger partial charge in [-0.05, 0) is 18.2 Å². The minimum atomic E-state index is -1.34. The van der Waals surface area contributed by atoms with Gasteiger partial charge >= 0.3 is 23.9 Å². The largest absolute Gasteiger partial charge is 0.419 e. The molecule has 0 atom stereocenters. The van der Waals surface area contributed by atoms with E-state index in [2.05, 4.69) is 10.6 Å². The summed E-state index contributed by atoms with van der Waals surface area (Å²) < 4.78 is 20.0. The SMILES string of the molecule is CC1(C)OC(=O)C(=CNc2cc(Cl)cc(NC=C3C(=O)OC(C)(C)OC3=O)c2)C(=O)O1. The molecule has 11 heteroatoms. The van der Waals surface area contributed by atoms with Crippen molar-refractivity contribution < 1.29 is 38.1 Å². The number of esters is 4. The maximum Gasteiger partial charge on any atom is 0.350 e. The summed E-state index contributed by atoms with van der Waals surface area (Å²) in [5.41, 5.74) is 0.125. The lowest BCUT2D eigenvalue weighted by molar-refractivity contribution is -0.224. The van der Waals surface area contributed by atoms with Crippen LogP contribution in [-0.4, -0.2) is 35.5 Å². The Morgan fingerprint density at radius 3 is 1.32 bits per heavy atom. The molecule has 3 rings (SSSR count). The summed E-state index contributed by atoms with van der Waals surface area (Å²) in [5, 5.41) is 5.80. The lowest BCUT2D eigenvalue weighted by atomic mass is 10.2. The van der Waals surface area contributed by atoms with Crippen LogP contribution in [0.3, 0.4) is 0 Å². The van der Waals surface area contributed by atoms with E-state index in [0.29, 0.717) is 11.4 Å². The van der Waals surface area contributed by atoms with Crippen LogP contribution in [0.2, 0.25) is 5.02 Å². The molecule has 0 radical (unpaired) electrons. The van der Waals surface area contributed by atoms with Crippen LogP contribution in [0.1, 0.15) is 27.7 Å². The highest BCUT2D eigenvalue weighted by Crippen LogP contribution is 2.26. The molecule has 2 N–H and O–H groups in total. The summed E-state index contributed by atoms with van der Waals surface area (Å²) in [6.07, 6.45) is 2.26. The minimum Gasteiger partial charge on any atom is -0.419 e. The Hall–Kier alpha value is -3.53. The van der Waals surface area contributed by atoms with E-state index in [9.17, 15) is 19.2 Å². The third-order valence-corrected chi connectivity index (χ3v) is 4.12. The van der Waals surface area contributed by atoms with E-state index < -0.39 is 35.5 Å². The molecule has 2 aliphatic rings. The van der Waals surface area contributed by atoms with E-state index in [1.807, 2.05) is 0 Å². The molecular weight excluding hydrogens is 432 g/mol. The monoisotopic (exact) mass is 450 g/mol. The first-order valence-corrected chi connectivity index (χ1v) is 9.40. The van der Waals surface area contributed by atoms with Crippen molar-refractivity contribution in [3.63, 3.8) is 0 Å². The summed E-state index contributed by atoms with van der Waals surface area (Å²) in [7, 11) is 0.